The van der Waals surface area contributed by atoms with Crippen LogP contribution in [0.5, 0.6) is 0 Å². The molecule has 0 bridgehead atoms. The molecule has 106 valence electrons. The van der Waals surface area contributed by atoms with E-state index in [9.17, 15) is 0 Å². The van der Waals surface area contributed by atoms with Gasteiger partial charge in [0.1, 0.15) is 5.82 Å². The van der Waals surface area contributed by atoms with E-state index in [0.717, 1.165) is 27.0 Å². The van der Waals surface area contributed by atoms with Crippen LogP contribution in [0.3, 0.4) is 0 Å². The van der Waals surface area contributed by atoms with Crippen LogP contribution in [0.25, 0.3) is 16.9 Å². The lowest BCUT2D eigenvalue weighted by Crippen LogP contribution is -2.01. The van der Waals surface area contributed by atoms with Gasteiger partial charge >= 0.3 is 0 Å². The summed E-state index contributed by atoms with van der Waals surface area (Å²) in [6.07, 6.45) is 0. The molecule has 2 aromatic carbocycles. The van der Waals surface area contributed by atoms with Crippen molar-refractivity contribution in [1.29, 1.82) is 0 Å². The minimum absolute atomic E-state index is 0.618. The second-order valence-electron chi connectivity index (χ2n) is 4.73. The summed E-state index contributed by atoms with van der Waals surface area (Å²) in [5.41, 5.74) is 9.71. The summed E-state index contributed by atoms with van der Waals surface area (Å²) in [7, 11) is 0. The minimum atomic E-state index is 0.618. The van der Waals surface area contributed by atoms with E-state index in [4.69, 9.17) is 17.3 Å². The van der Waals surface area contributed by atoms with Gasteiger partial charge in [0.2, 0.25) is 0 Å². The summed E-state index contributed by atoms with van der Waals surface area (Å²) in [6, 6.07) is 15.5. The maximum atomic E-state index is 6.30. The second kappa shape index (κ2) is 5.54. The Balaban J connectivity index is 2.20. The SMILES string of the molecule is Cc1c(-c2cc(Br)ccc2Cl)nn(-c2ccccc2)c1N. The molecule has 0 amide bonds. The zero-order chi connectivity index (χ0) is 15.0. The molecule has 0 saturated heterocycles. The third-order valence-electron chi connectivity index (χ3n) is 3.35. The fourth-order valence-electron chi connectivity index (χ4n) is 2.21. The molecule has 0 aliphatic carbocycles. The second-order valence-corrected chi connectivity index (χ2v) is 6.05. The molecule has 3 nitrogen and oxygen atoms in total. The molecule has 0 radical (unpaired) electrons. The van der Waals surface area contributed by atoms with Gasteiger partial charge in [-0.25, -0.2) is 4.68 Å². The van der Waals surface area contributed by atoms with Gasteiger partial charge in [-0.05, 0) is 37.3 Å². The molecule has 0 atom stereocenters. The van der Waals surface area contributed by atoms with Crippen LogP contribution in [0.1, 0.15) is 5.56 Å². The number of aromatic nitrogens is 2. The van der Waals surface area contributed by atoms with Crippen LogP contribution in [0.15, 0.2) is 53.0 Å². The van der Waals surface area contributed by atoms with Gasteiger partial charge in [0, 0.05) is 15.6 Å². The first-order chi connectivity index (χ1) is 10.1. The fraction of sp³-hybridized carbons (Fsp3) is 0.0625. The number of anilines is 1. The van der Waals surface area contributed by atoms with Gasteiger partial charge in [-0.3, -0.25) is 0 Å². The lowest BCUT2D eigenvalue weighted by molar-refractivity contribution is 0.895. The fourth-order valence-corrected chi connectivity index (χ4v) is 2.78. The van der Waals surface area contributed by atoms with Crippen LogP contribution in [0, 0.1) is 6.92 Å². The Morgan fingerprint density at radius 2 is 1.86 bits per heavy atom. The number of nitrogens with two attached hydrogens (primary N) is 1. The molecule has 21 heavy (non-hydrogen) atoms. The Bertz CT molecular complexity index is 797. The van der Waals surface area contributed by atoms with Crippen LogP contribution in [0.2, 0.25) is 5.02 Å². The minimum Gasteiger partial charge on any atom is -0.383 e. The van der Waals surface area contributed by atoms with Crippen LogP contribution < -0.4 is 5.73 Å². The van der Waals surface area contributed by atoms with Gasteiger partial charge in [0.15, 0.2) is 0 Å². The van der Waals surface area contributed by atoms with Crippen molar-refractivity contribution in [3.8, 4) is 16.9 Å². The predicted octanol–water partition coefficient (Wildman–Crippen LogP) is 4.85. The molecule has 1 aromatic heterocycles. The third kappa shape index (κ3) is 2.57. The zero-order valence-electron chi connectivity index (χ0n) is 11.3. The lowest BCUT2D eigenvalue weighted by Gasteiger charge is -2.03. The largest absolute Gasteiger partial charge is 0.383 e. The maximum absolute atomic E-state index is 6.30. The van der Waals surface area contributed by atoms with E-state index in [1.165, 1.54) is 0 Å². The highest BCUT2D eigenvalue weighted by molar-refractivity contribution is 9.10. The highest BCUT2D eigenvalue weighted by atomic mass is 79.9. The zero-order valence-corrected chi connectivity index (χ0v) is 13.7. The number of rotatable bonds is 2. The number of para-hydroxylation sites is 1. The Morgan fingerprint density at radius 3 is 2.57 bits per heavy atom. The van der Waals surface area contributed by atoms with E-state index in [2.05, 4.69) is 21.0 Å². The van der Waals surface area contributed by atoms with Gasteiger partial charge in [-0.1, -0.05) is 45.7 Å². The van der Waals surface area contributed by atoms with E-state index in [1.54, 1.807) is 4.68 Å². The molecule has 3 rings (SSSR count). The van der Waals surface area contributed by atoms with Crippen LogP contribution in [0.4, 0.5) is 5.82 Å². The van der Waals surface area contributed by atoms with E-state index in [-0.39, 0.29) is 0 Å². The van der Waals surface area contributed by atoms with Gasteiger partial charge in [-0.2, -0.15) is 5.10 Å². The Hall–Kier alpha value is -1.78. The molecule has 0 fully saturated rings. The van der Waals surface area contributed by atoms with Gasteiger partial charge in [0.05, 0.1) is 16.4 Å². The van der Waals surface area contributed by atoms with Gasteiger partial charge in [0.25, 0.3) is 0 Å². The first kappa shape index (κ1) is 14.2. The molecular formula is C16H13BrClN3. The van der Waals surface area contributed by atoms with Gasteiger partial charge < -0.3 is 5.73 Å². The highest BCUT2D eigenvalue weighted by Crippen LogP contribution is 2.34. The van der Waals surface area contributed by atoms with Crippen LogP contribution >= 0.6 is 27.5 Å². The molecule has 0 unspecified atom stereocenters. The quantitative estimate of drug-likeness (QED) is 0.708. The number of hydrogen-bond donors (Lipinski definition) is 1. The van der Waals surface area contributed by atoms with Crippen molar-refractivity contribution < 1.29 is 0 Å². The van der Waals surface area contributed by atoms with Crippen molar-refractivity contribution in [2.45, 2.75) is 6.92 Å². The molecular weight excluding hydrogens is 350 g/mol. The van der Waals surface area contributed by atoms with E-state index in [0.29, 0.717) is 10.8 Å². The topological polar surface area (TPSA) is 43.8 Å². The first-order valence-corrected chi connectivity index (χ1v) is 7.61. The normalized spacial score (nSPS) is 10.8. The average molecular weight is 363 g/mol. The third-order valence-corrected chi connectivity index (χ3v) is 4.17. The Kier molecular flexibility index (Phi) is 3.74. The molecule has 0 aliphatic rings. The summed E-state index contributed by atoms with van der Waals surface area (Å²) in [5, 5.41) is 5.29. The van der Waals surface area contributed by atoms with Crippen molar-refractivity contribution in [3.63, 3.8) is 0 Å². The molecule has 0 spiro atoms. The molecule has 3 aromatic rings. The van der Waals surface area contributed by atoms with Crippen LogP contribution in [-0.2, 0) is 0 Å². The Morgan fingerprint density at radius 1 is 1.14 bits per heavy atom. The number of hydrogen-bond acceptors (Lipinski definition) is 2. The van der Waals surface area contributed by atoms with Crippen molar-refractivity contribution in [3.05, 3.63) is 63.6 Å². The van der Waals surface area contributed by atoms with E-state index < -0.39 is 0 Å². The monoisotopic (exact) mass is 361 g/mol. The van der Waals surface area contributed by atoms with Crippen molar-refractivity contribution >= 4 is 33.3 Å². The van der Waals surface area contributed by atoms with Crippen molar-refractivity contribution in [1.82, 2.24) is 9.78 Å². The predicted molar refractivity (Wildman–Crippen MR) is 90.9 cm³/mol. The summed E-state index contributed by atoms with van der Waals surface area (Å²) in [4.78, 5) is 0. The molecule has 0 saturated carbocycles. The van der Waals surface area contributed by atoms with Crippen molar-refractivity contribution in [2.75, 3.05) is 5.73 Å². The van der Waals surface area contributed by atoms with E-state index in [1.807, 2.05) is 55.5 Å². The number of nitrogen functional groups attached to an aromatic ring is 1. The number of benzene rings is 2. The molecule has 2 N–H and O–H groups in total. The van der Waals surface area contributed by atoms with Gasteiger partial charge in [-0.15, -0.1) is 0 Å². The summed E-state index contributed by atoms with van der Waals surface area (Å²) >= 11 is 9.76. The van der Waals surface area contributed by atoms with Crippen molar-refractivity contribution in [2.24, 2.45) is 0 Å². The summed E-state index contributed by atoms with van der Waals surface area (Å²) in [6.45, 7) is 1.95. The maximum Gasteiger partial charge on any atom is 0.130 e. The average Bonchev–Trinajstić information content (AvgIpc) is 2.79. The summed E-state index contributed by atoms with van der Waals surface area (Å²) < 4.78 is 2.69. The number of nitrogens with zero attached hydrogens (tertiary/aromatic N) is 2. The van der Waals surface area contributed by atoms with Crippen LogP contribution in [-0.4, -0.2) is 9.78 Å². The standard InChI is InChI=1S/C16H13BrClN3/c1-10-15(13-9-11(17)7-8-14(13)18)20-21(16(10)19)12-5-3-2-4-6-12/h2-9H,19H2,1H3. The Labute approximate surface area is 136 Å². The molecule has 5 heteroatoms. The summed E-state index contributed by atoms with van der Waals surface area (Å²) in [5.74, 6) is 0.618. The van der Waals surface area contributed by atoms with E-state index >= 15 is 0 Å². The molecule has 0 aliphatic heterocycles. The number of halogens is 2. The lowest BCUT2D eigenvalue weighted by atomic mass is 10.1. The smallest absolute Gasteiger partial charge is 0.130 e. The first-order valence-electron chi connectivity index (χ1n) is 6.44. The molecule has 1 heterocycles. The highest BCUT2D eigenvalue weighted by Gasteiger charge is 2.16.